The van der Waals surface area contributed by atoms with Crippen LogP contribution in [0.3, 0.4) is 0 Å². The largest absolute Gasteiger partial charge is 0.311 e. The molecule has 20 heavy (non-hydrogen) atoms. The molecule has 1 atom stereocenters. The maximum absolute atomic E-state index is 4.73. The average molecular weight is 276 g/mol. The molecule has 1 aromatic rings. The number of pyridine rings is 1. The van der Waals surface area contributed by atoms with Crippen molar-refractivity contribution in [1.29, 1.82) is 0 Å². The second kappa shape index (κ2) is 7.72. The Hall–Kier alpha value is -0.970. The summed E-state index contributed by atoms with van der Waals surface area (Å²) in [4.78, 5) is 9.56. The fourth-order valence-electron chi connectivity index (χ4n) is 2.93. The second-order valence-corrected chi connectivity index (χ2v) is 6.01. The SMILES string of the molecule is CCNCc1cccc(CN(C)CC2CCN(C)C2)n1. The van der Waals surface area contributed by atoms with E-state index in [0.29, 0.717) is 0 Å². The number of nitrogens with zero attached hydrogens (tertiary/aromatic N) is 3. The van der Waals surface area contributed by atoms with Crippen molar-refractivity contribution in [3.63, 3.8) is 0 Å². The summed E-state index contributed by atoms with van der Waals surface area (Å²) in [5.74, 6) is 0.815. The third-order valence-electron chi connectivity index (χ3n) is 3.91. The Labute approximate surface area is 123 Å². The zero-order valence-corrected chi connectivity index (χ0v) is 13.1. The van der Waals surface area contributed by atoms with Gasteiger partial charge in [0.15, 0.2) is 0 Å². The zero-order valence-electron chi connectivity index (χ0n) is 13.1. The van der Waals surface area contributed by atoms with Crippen molar-refractivity contribution in [3.05, 3.63) is 29.6 Å². The van der Waals surface area contributed by atoms with Crippen LogP contribution in [0.1, 0.15) is 24.7 Å². The van der Waals surface area contributed by atoms with Gasteiger partial charge in [0.1, 0.15) is 0 Å². The second-order valence-electron chi connectivity index (χ2n) is 6.01. The van der Waals surface area contributed by atoms with Crippen LogP contribution in [-0.2, 0) is 13.1 Å². The van der Waals surface area contributed by atoms with Crippen LogP contribution in [0.2, 0.25) is 0 Å². The van der Waals surface area contributed by atoms with E-state index in [1.165, 1.54) is 31.7 Å². The Bertz CT molecular complexity index is 407. The van der Waals surface area contributed by atoms with Gasteiger partial charge in [-0.15, -0.1) is 0 Å². The quantitative estimate of drug-likeness (QED) is 0.819. The van der Waals surface area contributed by atoms with E-state index in [4.69, 9.17) is 4.98 Å². The standard InChI is InChI=1S/C16H28N4/c1-4-17-10-15-6-5-7-16(18-15)13-20(3)12-14-8-9-19(2)11-14/h5-7,14,17H,4,8-13H2,1-3H3. The fraction of sp³-hybridized carbons (Fsp3) is 0.688. The Morgan fingerprint density at radius 2 is 2.20 bits per heavy atom. The zero-order chi connectivity index (χ0) is 14.4. The molecule has 2 rings (SSSR count). The van der Waals surface area contributed by atoms with Crippen molar-refractivity contribution in [1.82, 2.24) is 20.1 Å². The molecule has 0 spiro atoms. The topological polar surface area (TPSA) is 31.4 Å². The Balaban J connectivity index is 1.82. The highest BCUT2D eigenvalue weighted by molar-refractivity contribution is 5.11. The van der Waals surface area contributed by atoms with E-state index in [-0.39, 0.29) is 0 Å². The molecule has 1 aliphatic heterocycles. The molecule has 0 bridgehead atoms. The summed E-state index contributed by atoms with van der Waals surface area (Å²) >= 11 is 0. The van der Waals surface area contributed by atoms with Gasteiger partial charge in [-0.3, -0.25) is 4.98 Å². The van der Waals surface area contributed by atoms with Crippen LogP contribution in [0.25, 0.3) is 0 Å². The number of hydrogen-bond donors (Lipinski definition) is 1. The molecule has 1 fully saturated rings. The number of hydrogen-bond acceptors (Lipinski definition) is 4. The van der Waals surface area contributed by atoms with E-state index in [2.05, 4.69) is 54.3 Å². The predicted octanol–water partition coefficient (Wildman–Crippen LogP) is 1.57. The van der Waals surface area contributed by atoms with Crippen molar-refractivity contribution in [2.24, 2.45) is 5.92 Å². The normalized spacial score (nSPS) is 19.9. The van der Waals surface area contributed by atoms with Gasteiger partial charge < -0.3 is 15.1 Å². The van der Waals surface area contributed by atoms with Crippen LogP contribution in [0.4, 0.5) is 0 Å². The first-order valence-corrected chi connectivity index (χ1v) is 7.70. The molecular weight excluding hydrogens is 248 g/mol. The van der Waals surface area contributed by atoms with Crippen molar-refractivity contribution in [2.75, 3.05) is 40.3 Å². The third-order valence-corrected chi connectivity index (χ3v) is 3.91. The first-order chi connectivity index (χ1) is 9.67. The Morgan fingerprint density at radius 1 is 1.40 bits per heavy atom. The van der Waals surface area contributed by atoms with Crippen LogP contribution in [0.15, 0.2) is 18.2 Å². The monoisotopic (exact) mass is 276 g/mol. The highest BCUT2D eigenvalue weighted by Crippen LogP contribution is 2.16. The Morgan fingerprint density at radius 3 is 2.90 bits per heavy atom. The number of nitrogens with one attached hydrogen (secondary N) is 1. The molecule has 0 radical (unpaired) electrons. The molecular formula is C16H28N4. The van der Waals surface area contributed by atoms with Crippen molar-refractivity contribution >= 4 is 0 Å². The van der Waals surface area contributed by atoms with Gasteiger partial charge in [-0.05, 0) is 51.7 Å². The van der Waals surface area contributed by atoms with Crippen LogP contribution >= 0.6 is 0 Å². The van der Waals surface area contributed by atoms with Gasteiger partial charge in [0.2, 0.25) is 0 Å². The molecule has 0 aromatic carbocycles. The lowest BCUT2D eigenvalue weighted by molar-refractivity contribution is 0.264. The van der Waals surface area contributed by atoms with Crippen LogP contribution in [0.5, 0.6) is 0 Å². The van der Waals surface area contributed by atoms with E-state index in [9.17, 15) is 0 Å². The van der Waals surface area contributed by atoms with Gasteiger partial charge in [-0.2, -0.15) is 0 Å². The maximum Gasteiger partial charge on any atom is 0.0547 e. The van der Waals surface area contributed by atoms with Gasteiger partial charge >= 0.3 is 0 Å². The Kier molecular flexibility index (Phi) is 5.95. The molecule has 1 unspecified atom stereocenters. The summed E-state index contributed by atoms with van der Waals surface area (Å²) in [5.41, 5.74) is 2.31. The molecule has 0 saturated carbocycles. The summed E-state index contributed by atoms with van der Waals surface area (Å²) in [6.45, 7) is 8.57. The van der Waals surface area contributed by atoms with Crippen LogP contribution < -0.4 is 5.32 Å². The molecule has 1 aromatic heterocycles. The van der Waals surface area contributed by atoms with E-state index in [1.807, 2.05) is 0 Å². The van der Waals surface area contributed by atoms with Gasteiger partial charge in [0.25, 0.3) is 0 Å². The minimum atomic E-state index is 0.815. The van der Waals surface area contributed by atoms with Gasteiger partial charge in [-0.25, -0.2) is 0 Å². The maximum atomic E-state index is 4.73. The smallest absolute Gasteiger partial charge is 0.0547 e. The molecule has 0 aliphatic carbocycles. The molecule has 4 heteroatoms. The van der Waals surface area contributed by atoms with Crippen LogP contribution in [-0.4, -0.2) is 55.1 Å². The van der Waals surface area contributed by atoms with E-state index in [0.717, 1.165) is 31.2 Å². The predicted molar refractivity (Wildman–Crippen MR) is 83.6 cm³/mol. The molecule has 1 saturated heterocycles. The molecule has 0 amide bonds. The van der Waals surface area contributed by atoms with E-state index < -0.39 is 0 Å². The van der Waals surface area contributed by atoms with E-state index in [1.54, 1.807) is 0 Å². The molecule has 4 nitrogen and oxygen atoms in total. The molecule has 1 N–H and O–H groups in total. The summed E-state index contributed by atoms with van der Waals surface area (Å²) in [6.07, 6.45) is 1.33. The molecule has 1 aliphatic rings. The lowest BCUT2D eigenvalue weighted by atomic mass is 10.1. The van der Waals surface area contributed by atoms with Crippen molar-refractivity contribution in [3.8, 4) is 0 Å². The third kappa shape index (κ3) is 4.85. The number of likely N-dealkylation sites (tertiary alicyclic amines) is 1. The summed E-state index contributed by atoms with van der Waals surface area (Å²) in [6, 6.07) is 6.34. The highest BCUT2D eigenvalue weighted by Gasteiger charge is 2.20. The average Bonchev–Trinajstić information content (AvgIpc) is 2.82. The fourth-order valence-corrected chi connectivity index (χ4v) is 2.93. The summed E-state index contributed by atoms with van der Waals surface area (Å²) < 4.78 is 0. The summed E-state index contributed by atoms with van der Waals surface area (Å²) in [7, 11) is 4.42. The van der Waals surface area contributed by atoms with Crippen LogP contribution in [0, 0.1) is 5.92 Å². The number of aromatic nitrogens is 1. The first-order valence-electron chi connectivity index (χ1n) is 7.70. The molecule has 112 valence electrons. The van der Waals surface area contributed by atoms with E-state index >= 15 is 0 Å². The van der Waals surface area contributed by atoms with Gasteiger partial charge in [0.05, 0.1) is 11.4 Å². The molecule has 2 heterocycles. The highest BCUT2D eigenvalue weighted by atomic mass is 15.2. The minimum absolute atomic E-state index is 0.815. The lowest BCUT2D eigenvalue weighted by Gasteiger charge is -2.20. The van der Waals surface area contributed by atoms with Gasteiger partial charge in [-0.1, -0.05) is 13.0 Å². The van der Waals surface area contributed by atoms with Gasteiger partial charge in [0, 0.05) is 26.2 Å². The number of rotatable bonds is 7. The van der Waals surface area contributed by atoms with Crippen molar-refractivity contribution < 1.29 is 0 Å². The first kappa shape index (κ1) is 15.4. The summed E-state index contributed by atoms with van der Waals surface area (Å²) in [5, 5.41) is 3.33. The lowest BCUT2D eigenvalue weighted by Crippen LogP contribution is -2.27. The minimum Gasteiger partial charge on any atom is -0.311 e. The van der Waals surface area contributed by atoms with Crippen molar-refractivity contribution in [2.45, 2.75) is 26.4 Å².